The lowest BCUT2D eigenvalue weighted by molar-refractivity contribution is -0.384. The largest absolute Gasteiger partial charge is 0.486 e. The lowest BCUT2D eigenvalue weighted by Crippen LogP contribution is -2.15. The van der Waals surface area contributed by atoms with Gasteiger partial charge in [-0.2, -0.15) is 0 Å². The fourth-order valence-corrected chi connectivity index (χ4v) is 3.98. The lowest BCUT2D eigenvalue weighted by Gasteiger charge is -2.11. The molecular formula is C24H21N5O4S. The van der Waals surface area contributed by atoms with Gasteiger partial charge in [0.1, 0.15) is 12.4 Å². The highest BCUT2D eigenvalue weighted by Gasteiger charge is 2.17. The molecule has 0 spiro atoms. The van der Waals surface area contributed by atoms with Crippen molar-refractivity contribution in [3.63, 3.8) is 0 Å². The summed E-state index contributed by atoms with van der Waals surface area (Å²) in [4.78, 5) is 23.0. The van der Waals surface area contributed by atoms with Gasteiger partial charge >= 0.3 is 0 Å². The molecule has 10 heteroatoms. The second-order valence-corrected chi connectivity index (χ2v) is 8.21. The van der Waals surface area contributed by atoms with Crippen LogP contribution in [-0.2, 0) is 11.4 Å². The number of nitrogens with one attached hydrogen (secondary N) is 1. The zero-order valence-corrected chi connectivity index (χ0v) is 19.1. The lowest BCUT2D eigenvalue weighted by atomic mass is 10.2. The van der Waals surface area contributed by atoms with Crippen molar-refractivity contribution in [1.29, 1.82) is 0 Å². The van der Waals surface area contributed by atoms with Gasteiger partial charge in [-0.3, -0.25) is 19.5 Å². The van der Waals surface area contributed by atoms with Gasteiger partial charge in [-0.25, -0.2) is 0 Å². The standard InChI is InChI=1S/C24H21N5O4S/c1-17-14-19(29(31)32)12-13-21(17)25-23(30)16-34-24-27-26-22(15-33-20-10-6-3-7-11-20)28(24)18-8-4-2-5-9-18/h2-14H,15-16H2,1H3,(H,25,30). The number of aryl methyl sites for hydroxylation is 1. The van der Waals surface area contributed by atoms with Crippen LogP contribution in [0.5, 0.6) is 5.75 Å². The number of hydrogen-bond donors (Lipinski definition) is 1. The summed E-state index contributed by atoms with van der Waals surface area (Å²) in [6.45, 7) is 1.92. The molecule has 1 aromatic heterocycles. The van der Waals surface area contributed by atoms with E-state index in [1.807, 2.05) is 65.2 Å². The average molecular weight is 476 g/mol. The molecular weight excluding hydrogens is 454 g/mol. The number of nitrogens with zero attached hydrogens (tertiary/aromatic N) is 4. The Morgan fingerprint density at radius 1 is 1.06 bits per heavy atom. The van der Waals surface area contributed by atoms with Gasteiger partial charge in [0.25, 0.3) is 5.69 Å². The maximum Gasteiger partial charge on any atom is 0.269 e. The van der Waals surface area contributed by atoms with Crippen molar-refractivity contribution in [3.8, 4) is 11.4 Å². The van der Waals surface area contributed by atoms with Gasteiger partial charge in [0, 0.05) is 23.5 Å². The predicted molar refractivity (Wildman–Crippen MR) is 129 cm³/mol. The SMILES string of the molecule is Cc1cc([N+](=O)[O-])ccc1NC(=O)CSc1nnc(COc2ccccc2)n1-c1ccccc1. The van der Waals surface area contributed by atoms with E-state index in [9.17, 15) is 14.9 Å². The average Bonchev–Trinajstić information content (AvgIpc) is 3.26. The third-order valence-corrected chi connectivity index (χ3v) is 5.78. The predicted octanol–water partition coefficient (Wildman–Crippen LogP) is 4.79. The van der Waals surface area contributed by atoms with E-state index in [1.54, 1.807) is 6.92 Å². The van der Waals surface area contributed by atoms with Crippen LogP contribution < -0.4 is 10.1 Å². The van der Waals surface area contributed by atoms with Crippen LogP contribution in [0.4, 0.5) is 11.4 Å². The molecule has 0 saturated carbocycles. The molecule has 0 radical (unpaired) electrons. The van der Waals surface area contributed by atoms with E-state index in [0.717, 1.165) is 11.4 Å². The fourth-order valence-electron chi connectivity index (χ4n) is 3.21. The molecule has 0 atom stereocenters. The summed E-state index contributed by atoms with van der Waals surface area (Å²) < 4.78 is 7.71. The highest BCUT2D eigenvalue weighted by atomic mass is 32.2. The molecule has 0 aliphatic heterocycles. The summed E-state index contributed by atoms with van der Waals surface area (Å²) in [5, 5.41) is 22.8. The number of rotatable bonds is 9. The molecule has 4 rings (SSSR count). The van der Waals surface area contributed by atoms with E-state index in [4.69, 9.17) is 4.74 Å². The Balaban J connectivity index is 1.47. The van der Waals surface area contributed by atoms with Crippen molar-refractivity contribution in [2.45, 2.75) is 18.7 Å². The maximum absolute atomic E-state index is 12.6. The molecule has 0 unspecified atom stereocenters. The molecule has 9 nitrogen and oxygen atoms in total. The molecule has 34 heavy (non-hydrogen) atoms. The Hall–Kier alpha value is -4.18. The molecule has 1 heterocycles. The van der Waals surface area contributed by atoms with E-state index < -0.39 is 4.92 Å². The quantitative estimate of drug-likeness (QED) is 0.210. The third kappa shape index (κ3) is 5.59. The molecule has 4 aromatic rings. The van der Waals surface area contributed by atoms with Gasteiger partial charge in [0.2, 0.25) is 5.91 Å². The van der Waals surface area contributed by atoms with Gasteiger partial charge in [-0.15, -0.1) is 10.2 Å². The molecule has 0 aliphatic rings. The van der Waals surface area contributed by atoms with E-state index in [-0.39, 0.29) is 24.0 Å². The number of thioether (sulfide) groups is 1. The minimum atomic E-state index is -0.468. The Morgan fingerprint density at radius 2 is 1.76 bits per heavy atom. The van der Waals surface area contributed by atoms with Gasteiger partial charge in [-0.1, -0.05) is 48.2 Å². The summed E-state index contributed by atoms with van der Waals surface area (Å²) in [5.74, 6) is 1.15. The van der Waals surface area contributed by atoms with Crippen LogP contribution >= 0.6 is 11.8 Å². The first-order valence-electron chi connectivity index (χ1n) is 10.4. The first kappa shape index (κ1) is 23.0. The fraction of sp³-hybridized carbons (Fsp3) is 0.125. The van der Waals surface area contributed by atoms with E-state index >= 15 is 0 Å². The minimum Gasteiger partial charge on any atom is -0.486 e. The smallest absolute Gasteiger partial charge is 0.269 e. The summed E-state index contributed by atoms with van der Waals surface area (Å²) in [7, 11) is 0. The zero-order valence-electron chi connectivity index (χ0n) is 18.2. The van der Waals surface area contributed by atoms with Crippen molar-refractivity contribution in [2.24, 2.45) is 0 Å². The summed E-state index contributed by atoms with van der Waals surface area (Å²) in [6.07, 6.45) is 0. The van der Waals surface area contributed by atoms with Crippen molar-refractivity contribution in [2.75, 3.05) is 11.1 Å². The minimum absolute atomic E-state index is 0.0221. The number of anilines is 1. The number of non-ortho nitro benzene ring substituents is 1. The number of amides is 1. The molecule has 0 aliphatic carbocycles. The third-order valence-electron chi connectivity index (χ3n) is 4.85. The van der Waals surface area contributed by atoms with Crippen molar-refractivity contribution in [3.05, 3.63) is 100 Å². The van der Waals surface area contributed by atoms with Crippen LogP contribution in [0.2, 0.25) is 0 Å². The van der Waals surface area contributed by atoms with E-state index in [2.05, 4.69) is 15.5 Å². The number of carbonyl (C=O) groups excluding carboxylic acids is 1. The number of aromatic nitrogens is 3. The monoisotopic (exact) mass is 475 g/mol. The van der Waals surface area contributed by atoms with Gasteiger partial charge < -0.3 is 10.1 Å². The van der Waals surface area contributed by atoms with Gasteiger partial charge in [0.05, 0.1) is 10.7 Å². The summed E-state index contributed by atoms with van der Waals surface area (Å²) in [5.41, 5.74) is 1.97. The van der Waals surface area contributed by atoms with Crippen LogP contribution in [0.15, 0.2) is 84.0 Å². The molecule has 0 fully saturated rings. The Labute approximate surface area is 199 Å². The first-order chi connectivity index (χ1) is 16.5. The normalized spacial score (nSPS) is 10.6. The highest BCUT2D eigenvalue weighted by molar-refractivity contribution is 7.99. The van der Waals surface area contributed by atoms with Gasteiger partial charge in [0.15, 0.2) is 11.0 Å². The van der Waals surface area contributed by atoms with Gasteiger partial charge in [-0.05, 0) is 42.8 Å². The molecule has 1 amide bonds. The van der Waals surface area contributed by atoms with Crippen LogP contribution in [-0.4, -0.2) is 31.3 Å². The molecule has 3 aromatic carbocycles. The van der Waals surface area contributed by atoms with Crippen LogP contribution in [0, 0.1) is 17.0 Å². The molecule has 172 valence electrons. The second kappa shape index (κ2) is 10.6. The molecule has 0 bridgehead atoms. The number of ether oxygens (including phenoxy) is 1. The number of nitro benzene ring substituents is 1. The Morgan fingerprint density at radius 3 is 2.44 bits per heavy atom. The maximum atomic E-state index is 12.6. The van der Waals surface area contributed by atoms with Crippen molar-refractivity contribution < 1.29 is 14.5 Å². The van der Waals surface area contributed by atoms with Crippen molar-refractivity contribution in [1.82, 2.24) is 14.8 Å². The number of para-hydroxylation sites is 2. The van der Waals surface area contributed by atoms with E-state index in [1.165, 1.54) is 30.0 Å². The zero-order chi connectivity index (χ0) is 23.9. The number of benzene rings is 3. The number of nitro groups is 1. The Kier molecular flexibility index (Phi) is 7.19. The molecule has 0 saturated heterocycles. The number of hydrogen-bond acceptors (Lipinski definition) is 7. The van der Waals surface area contributed by atoms with Crippen molar-refractivity contribution >= 4 is 29.0 Å². The van der Waals surface area contributed by atoms with Crippen LogP contribution in [0.3, 0.4) is 0 Å². The topological polar surface area (TPSA) is 112 Å². The summed E-state index contributed by atoms with van der Waals surface area (Å²) >= 11 is 1.24. The number of carbonyl (C=O) groups is 1. The Bertz CT molecular complexity index is 1300. The molecule has 1 N–H and O–H groups in total. The van der Waals surface area contributed by atoms with Crippen LogP contribution in [0.25, 0.3) is 5.69 Å². The first-order valence-corrected chi connectivity index (χ1v) is 11.3. The summed E-state index contributed by atoms with van der Waals surface area (Å²) in [6, 6.07) is 23.3. The van der Waals surface area contributed by atoms with E-state index in [0.29, 0.717) is 22.2 Å². The second-order valence-electron chi connectivity index (χ2n) is 7.26. The van der Waals surface area contributed by atoms with Crippen LogP contribution in [0.1, 0.15) is 11.4 Å². The highest BCUT2D eigenvalue weighted by Crippen LogP contribution is 2.25.